The summed E-state index contributed by atoms with van der Waals surface area (Å²) in [6, 6.07) is 0. The highest BCUT2D eigenvalue weighted by molar-refractivity contribution is 4.77. The van der Waals surface area contributed by atoms with Crippen LogP contribution in [-0.2, 0) is 0 Å². The summed E-state index contributed by atoms with van der Waals surface area (Å²) in [6.45, 7) is 1.08. The third-order valence-electron chi connectivity index (χ3n) is 1.07. The second-order valence-corrected chi connectivity index (χ2v) is 1.85. The molecule has 0 aromatic carbocycles. The fourth-order valence-electron chi connectivity index (χ4n) is 0.409. The van der Waals surface area contributed by atoms with Crippen LogP contribution in [0.4, 0.5) is 22.0 Å². The van der Waals surface area contributed by atoms with Gasteiger partial charge in [0.25, 0.3) is 0 Å². The van der Waals surface area contributed by atoms with E-state index in [9.17, 15) is 22.0 Å². The second kappa shape index (κ2) is 3.16. The summed E-state index contributed by atoms with van der Waals surface area (Å²) in [5.41, 5.74) is 0. The first-order chi connectivity index (χ1) is 4.42. The number of hydrogen-bond donors (Lipinski definition) is 0. The normalized spacial score (nSPS) is 15.9. The molecule has 0 nitrogen and oxygen atoms in total. The molecule has 0 aromatic heterocycles. The molecule has 0 saturated heterocycles. The standard InChI is InChI=1S/C5H7F5/c1-2-3(6)5(9,10)4(7)8/h3-4H,2H2,1H3. The molecule has 0 aliphatic rings. The van der Waals surface area contributed by atoms with Gasteiger partial charge in [0.1, 0.15) is 0 Å². The van der Waals surface area contributed by atoms with Crippen molar-refractivity contribution in [2.45, 2.75) is 31.9 Å². The molecular weight excluding hydrogens is 155 g/mol. The quantitative estimate of drug-likeness (QED) is 0.559. The molecule has 0 heterocycles. The van der Waals surface area contributed by atoms with Gasteiger partial charge in [-0.2, -0.15) is 8.78 Å². The predicted octanol–water partition coefficient (Wildman–Crippen LogP) is 2.63. The molecule has 1 unspecified atom stereocenters. The van der Waals surface area contributed by atoms with Crippen molar-refractivity contribution in [2.75, 3.05) is 0 Å². The molecule has 10 heavy (non-hydrogen) atoms. The Morgan fingerprint density at radius 2 is 1.60 bits per heavy atom. The molecular formula is C5H7F5. The van der Waals surface area contributed by atoms with E-state index in [1.54, 1.807) is 0 Å². The summed E-state index contributed by atoms with van der Waals surface area (Å²) in [5, 5.41) is 0. The van der Waals surface area contributed by atoms with E-state index in [1.807, 2.05) is 0 Å². The van der Waals surface area contributed by atoms with E-state index in [1.165, 1.54) is 0 Å². The van der Waals surface area contributed by atoms with Crippen LogP contribution in [0.2, 0.25) is 0 Å². The van der Waals surface area contributed by atoms with Gasteiger partial charge in [0, 0.05) is 0 Å². The van der Waals surface area contributed by atoms with E-state index in [-0.39, 0.29) is 0 Å². The Labute approximate surface area is 55.0 Å². The van der Waals surface area contributed by atoms with Gasteiger partial charge in [-0.1, -0.05) is 6.92 Å². The lowest BCUT2D eigenvalue weighted by Gasteiger charge is -2.17. The van der Waals surface area contributed by atoms with Gasteiger partial charge < -0.3 is 0 Å². The van der Waals surface area contributed by atoms with E-state index >= 15 is 0 Å². The average Bonchev–Trinajstić information content (AvgIpc) is 1.86. The molecule has 0 radical (unpaired) electrons. The van der Waals surface area contributed by atoms with E-state index in [4.69, 9.17) is 0 Å². The van der Waals surface area contributed by atoms with Gasteiger partial charge in [-0.05, 0) is 6.42 Å². The van der Waals surface area contributed by atoms with Gasteiger partial charge in [0.15, 0.2) is 6.17 Å². The van der Waals surface area contributed by atoms with E-state index in [2.05, 4.69) is 0 Å². The lowest BCUT2D eigenvalue weighted by Crippen LogP contribution is -2.37. The summed E-state index contributed by atoms with van der Waals surface area (Å²) in [6.07, 6.45) is -7.26. The molecule has 0 fully saturated rings. The van der Waals surface area contributed by atoms with Gasteiger partial charge in [-0.25, -0.2) is 13.2 Å². The lowest BCUT2D eigenvalue weighted by molar-refractivity contribution is -0.170. The van der Waals surface area contributed by atoms with Crippen LogP contribution >= 0.6 is 0 Å². The molecule has 5 heteroatoms. The molecule has 0 aliphatic carbocycles. The number of alkyl halides is 5. The minimum atomic E-state index is -4.49. The van der Waals surface area contributed by atoms with E-state index in [0.717, 1.165) is 6.92 Å². The third-order valence-corrected chi connectivity index (χ3v) is 1.07. The SMILES string of the molecule is CCC(F)C(F)(F)C(F)F. The van der Waals surface area contributed by atoms with Gasteiger partial charge in [0.05, 0.1) is 0 Å². The van der Waals surface area contributed by atoms with Crippen LogP contribution in [0.3, 0.4) is 0 Å². The molecule has 1 atom stereocenters. The summed E-state index contributed by atoms with van der Waals surface area (Å²) >= 11 is 0. The Kier molecular flexibility index (Phi) is 3.05. The van der Waals surface area contributed by atoms with Crippen molar-refractivity contribution in [3.63, 3.8) is 0 Å². The highest BCUT2D eigenvalue weighted by atomic mass is 19.3. The van der Waals surface area contributed by atoms with Crippen LogP contribution in [-0.4, -0.2) is 18.5 Å². The zero-order valence-electron chi connectivity index (χ0n) is 5.25. The summed E-state index contributed by atoms with van der Waals surface area (Å²) in [5.74, 6) is -4.49. The largest absolute Gasteiger partial charge is 0.337 e. The first-order valence-corrected chi connectivity index (χ1v) is 2.73. The molecule has 0 N–H and O–H groups in total. The van der Waals surface area contributed by atoms with Crippen molar-refractivity contribution in [1.82, 2.24) is 0 Å². The molecule has 0 bridgehead atoms. The zero-order valence-corrected chi connectivity index (χ0v) is 5.25. The van der Waals surface area contributed by atoms with Crippen LogP contribution < -0.4 is 0 Å². The summed E-state index contributed by atoms with van der Waals surface area (Å²) < 4.78 is 58.1. The molecule has 0 amide bonds. The molecule has 0 saturated carbocycles. The second-order valence-electron chi connectivity index (χ2n) is 1.85. The number of rotatable bonds is 3. The average molecular weight is 162 g/mol. The van der Waals surface area contributed by atoms with E-state index < -0.39 is 24.9 Å². The molecule has 62 valence electrons. The van der Waals surface area contributed by atoms with Crippen molar-refractivity contribution in [2.24, 2.45) is 0 Å². The highest BCUT2D eigenvalue weighted by Gasteiger charge is 2.48. The van der Waals surface area contributed by atoms with Crippen molar-refractivity contribution in [3.05, 3.63) is 0 Å². The molecule has 0 spiro atoms. The van der Waals surface area contributed by atoms with Gasteiger partial charge in [0.2, 0.25) is 0 Å². The van der Waals surface area contributed by atoms with Crippen LogP contribution in [0.25, 0.3) is 0 Å². The smallest absolute Gasteiger partial charge is 0.241 e. The summed E-state index contributed by atoms with van der Waals surface area (Å²) in [4.78, 5) is 0. The Morgan fingerprint density at radius 3 is 1.70 bits per heavy atom. The van der Waals surface area contributed by atoms with Crippen molar-refractivity contribution in [3.8, 4) is 0 Å². The monoisotopic (exact) mass is 162 g/mol. The molecule has 0 aliphatic heterocycles. The van der Waals surface area contributed by atoms with Crippen LogP contribution in [0.5, 0.6) is 0 Å². The van der Waals surface area contributed by atoms with Crippen LogP contribution in [0.1, 0.15) is 13.3 Å². The minimum Gasteiger partial charge on any atom is -0.241 e. The number of halogens is 5. The Bertz CT molecular complexity index is 100. The maximum atomic E-state index is 11.9. The van der Waals surface area contributed by atoms with Crippen molar-refractivity contribution < 1.29 is 22.0 Å². The maximum Gasteiger partial charge on any atom is 0.337 e. The molecule has 0 rings (SSSR count). The van der Waals surface area contributed by atoms with Crippen molar-refractivity contribution >= 4 is 0 Å². The van der Waals surface area contributed by atoms with Crippen LogP contribution in [0, 0.1) is 0 Å². The highest BCUT2D eigenvalue weighted by Crippen LogP contribution is 2.30. The van der Waals surface area contributed by atoms with Crippen LogP contribution in [0.15, 0.2) is 0 Å². The Balaban J connectivity index is 4.09. The Hall–Kier alpha value is -0.350. The number of hydrogen-bond acceptors (Lipinski definition) is 0. The fraction of sp³-hybridized carbons (Fsp3) is 1.00. The van der Waals surface area contributed by atoms with Gasteiger partial charge >= 0.3 is 12.3 Å². The summed E-state index contributed by atoms with van der Waals surface area (Å²) in [7, 11) is 0. The Morgan fingerprint density at radius 1 is 1.20 bits per heavy atom. The first-order valence-electron chi connectivity index (χ1n) is 2.73. The maximum absolute atomic E-state index is 11.9. The van der Waals surface area contributed by atoms with Gasteiger partial charge in [-0.15, -0.1) is 0 Å². The fourth-order valence-corrected chi connectivity index (χ4v) is 0.409. The van der Waals surface area contributed by atoms with Crippen molar-refractivity contribution in [1.29, 1.82) is 0 Å². The molecule has 0 aromatic rings. The predicted molar refractivity (Wildman–Crippen MR) is 26.1 cm³/mol. The minimum absolute atomic E-state index is 0.600. The third kappa shape index (κ3) is 1.82. The van der Waals surface area contributed by atoms with Gasteiger partial charge in [-0.3, -0.25) is 0 Å². The topological polar surface area (TPSA) is 0 Å². The first kappa shape index (κ1) is 9.65. The van der Waals surface area contributed by atoms with E-state index in [0.29, 0.717) is 0 Å². The zero-order chi connectivity index (χ0) is 8.36. The lowest BCUT2D eigenvalue weighted by atomic mass is 10.2.